The van der Waals surface area contributed by atoms with E-state index in [-0.39, 0.29) is 17.6 Å². The van der Waals surface area contributed by atoms with E-state index in [0.29, 0.717) is 19.5 Å². The molecule has 1 heterocycles. The first-order valence-electron chi connectivity index (χ1n) is 8.99. The Bertz CT molecular complexity index is 594. The van der Waals surface area contributed by atoms with Gasteiger partial charge in [-0.15, -0.1) is 0 Å². The van der Waals surface area contributed by atoms with Crippen LogP contribution in [-0.2, 0) is 16.1 Å². The Labute approximate surface area is 148 Å². The zero-order valence-corrected chi connectivity index (χ0v) is 14.7. The number of unbranched alkanes of at least 4 members (excludes halogenated alkanes) is 1. The van der Waals surface area contributed by atoms with Gasteiger partial charge in [0.1, 0.15) is 11.9 Å². The third-order valence-electron chi connectivity index (χ3n) is 4.63. The van der Waals surface area contributed by atoms with Crippen LogP contribution in [0.5, 0.6) is 0 Å². The van der Waals surface area contributed by atoms with E-state index in [9.17, 15) is 19.1 Å². The van der Waals surface area contributed by atoms with Gasteiger partial charge in [-0.2, -0.15) is 0 Å². The van der Waals surface area contributed by atoms with Crippen molar-refractivity contribution in [2.75, 3.05) is 13.1 Å². The number of nitrogens with one attached hydrogen (secondary N) is 1. The van der Waals surface area contributed by atoms with E-state index in [4.69, 9.17) is 0 Å². The Morgan fingerprint density at radius 2 is 2.24 bits per heavy atom. The van der Waals surface area contributed by atoms with Crippen molar-refractivity contribution in [1.29, 1.82) is 0 Å². The van der Waals surface area contributed by atoms with Crippen LogP contribution in [0.2, 0.25) is 0 Å². The fourth-order valence-electron chi connectivity index (χ4n) is 3.26. The third-order valence-corrected chi connectivity index (χ3v) is 4.63. The third kappa shape index (κ3) is 6.12. The normalized spacial score (nSPS) is 19.4. The van der Waals surface area contributed by atoms with Crippen LogP contribution in [0.1, 0.15) is 44.6 Å². The van der Waals surface area contributed by atoms with Gasteiger partial charge in [-0.25, -0.2) is 9.18 Å². The molecule has 138 valence electrons. The number of benzene rings is 1. The van der Waals surface area contributed by atoms with Crippen molar-refractivity contribution in [1.82, 2.24) is 10.2 Å². The first kappa shape index (κ1) is 19.4. The summed E-state index contributed by atoms with van der Waals surface area (Å²) in [6, 6.07) is 5.67. The zero-order chi connectivity index (χ0) is 18.2. The smallest absolute Gasteiger partial charge is 0.326 e. The van der Waals surface area contributed by atoms with Crippen LogP contribution in [0.15, 0.2) is 24.3 Å². The number of halogens is 1. The number of likely N-dealkylation sites (tertiary alicyclic amines) is 1. The molecule has 0 aliphatic carbocycles. The van der Waals surface area contributed by atoms with Crippen molar-refractivity contribution in [2.24, 2.45) is 5.92 Å². The number of nitrogens with zero attached hydrogens (tertiary/aromatic N) is 1. The lowest BCUT2D eigenvalue weighted by molar-refractivity contribution is -0.143. The molecule has 1 aromatic rings. The Balaban J connectivity index is 1.90. The number of rotatable bonds is 8. The summed E-state index contributed by atoms with van der Waals surface area (Å²) < 4.78 is 13.3. The van der Waals surface area contributed by atoms with Crippen molar-refractivity contribution >= 4 is 11.9 Å². The van der Waals surface area contributed by atoms with Gasteiger partial charge < -0.3 is 10.4 Å². The average Bonchev–Trinajstić information content (AvgIpc) is 2.58. The minimum Gasteiger partial charge on any atom is -0.480 e. The van der Waals surface area contributed by atoms with E-state index in [1.54, 1.807) is 6.07 Å². The highest BCUT2D eigenvalue weighted by Crippen LogP contribution is 2.19. The summed E-state index contributed by atoms with van der Waals surface area (Å²) >= 11 is 0. The number of carboxylic acid groups (broad SMARTS) is 1. The molecular formula is C19H27FN2O3. The van der Waals surface area contributed by atoms with Gasteiger partial charge in [-0.3, -0.25) is 9.69 Å². The standard InChI is InChI=1S/C19H27FN2O3/c1-2-3-9-17(19(24)25)21-18(23)15-7-5-10-22(13-15)12-14-6-4-8-16(20)11-14/h4,6,8,11,15,17H,2-3,5,7,9-10,12-13H2,1H3,(H,21,23)(H,24,25)/t15?,17-/m0/s1. The van der Waals surface area contributed by atoms with Crippen LogP contribution in [0, 0.1) is 11.7 Å². The summed E-state index contributed by atoms with van der Waals surface area (Å²) in [4.78, 5) is 25.9. The summed E-state index contributed by atoms with van der Waals surface area (Å²) in [5.74, 6) is -1.64. The van der Waals surface area contributed by atoms with E-state index in [0.717, 1.165) is 37.8 Å². The molecule has 1 aliphatic heterocycles. The van der Waals surface area contributed by atoms with Crippen LogP contribution < -0.4 is 5.32 Å². The Hall–Kier alpha value is -1.95. The van der Waals surface area contributed by atoms with Gasteiger partial charge in [0.05, 0.1) is 5.92 Å². The largest absolute Gasteiger partial charge is 0.480 e. The van der Waals surface area contributed by atoms with Crippen molar-refractivity contribution in [3.63, 3.8) is 0 Å². The van der Waals surface area contributed by atoms with E-state index < -0.39 is 12.0 Å². The van der Waals surface area contributed by atoms with Gasteiger partial charge in [0.2, 0.25) is 5.91 Å². The lowest BCUT2D eigenvalue weighted by Gasteiger charge is -2.32. The number of carbonyl (C=O) groups is 2. The quantitative estimate of drug-likeness (QED) is 0.756. The molecule has 25 heavy (non-hydrogen) atoms. The maximum Gasteiger partial charge on any atom is 0.326 e. The average molecular weight is 350 g/mol. The Kier molecular flexibility index (Phi) is 7.37. The molecule has 0 spiro atoms. The number of carboxylic acids is 1. The predicted octanol–water partition coefficient (Wildman–Crippen LogP) is 2.80. The summed E-state index contributed by atoms with van der Waals surface area (Å²) in [6.07, 6.45) is 3.75. The molecule has 0 saturated carbocycles. The molecule has 0 radical (unpaired) electrons. The van der Waals surface area contributed by atoms with Crippen LogP contribution >= 0.6 is 0 Å². The van der Waals surface area contributed by atoms with Crippen molar-refractivity contribution < 1.29 is 19.1 Å². The molecular weight excluding hydrogens is 323 g/mol. The fraction of sp³-hybridized carbons (Fsp3) is 0.579. The molecule has 1 amide bonds. The molecule has 1 aromatic carbocycles. The van der Waals surface area contributed by atoms with Gasteiger partial charge in [-0.05, 0) is 43.5 Å². The van der Waals surface area contributed by atoms with E-state index in [1.807, 2.05) is 13.0 Å². The summed E-state index contributed by atoms with van der Waals surface area (Å²) in [5.41, 5.74) is 0.882. The molecule has 1 fully saturated rings. The van der Waals surface area contributed by atoms with E-state index >= 15 is 0 Å². The maximum atomic E-state index is 13.3. The highest BCUT2D eigenvalue weighted by molar-refractivity contribution is 5.85. The molecule has 1 unspecified atom stereocenters. The van der Waals surface area contributed by atoms with Crippen LogP contribution in [0.4, 0.5) is 4.39 Å². The molecule has 2 rings (SSSR count). The van der Waals surface area contributed by atoms with Crippen LogP contribution in [0.3, 0.4) is 0 Å². The van der Waals surface area contributed by atoms with Crippen LogP contribution in [0.25, 0.3) is 0 Å². The number of carbonyl (C=O) groups excluding carboxylic acids is 1. The fourth-order valence-corrected chi connectivity index (χ4v) is 3.26. The lowest BCUT2D eigenvalue weighted by Crippen LogP contribution is -2.48. The molecule has 1 aliphatic rings. The maximum absolute atomic E-state index is 13.3. The highest BCUT2D eigenvalue weighted by Gasteiger charge is 2.29. The molecule has 2 N–H and O–H groups in total. The Morgan fingerprint density at radius 1 is 1.44 bits per heavy atom. The summed E-state index contributed by atoms with van der Waals surface area (Å²) in [7, 11) is 0. The van der Waals surface area contributed by atoms with Gasteiger partial charge >= 0.3 is 5.97 Å². The summed E-state index contributed by atoms with van der Waals surface area (Å²) in [5, 5.41) is 11.9. The number of aliphatic carboxylic acids is 1. The van der Waals surface area contributed by atoms with Crippen molar-refractivity contribution in [3.8, 4) is 0 Å². The zero-order valence-electron chi connectivity index (χ0n) is 14.7. The number of piperidine rings is 1. The molecule has 0 aromatic heterocycles. The second-order valence-electron chi connectivity index (χ2n) is 6.75. The van der Waals surface area contributed by atoms with Gasteiger partial charge in [0, 0.05) is 13.1 Å². The summed E-state index contributed by atoms with van der Waals surface area (Å²) in [6.45, 7) is 4.02. The van der Waals surface area contributed by atoms with Gasteiger partial charge in [0.25, 0.3) is 0 Å². The molecule has 2 atom stereocenters. The predicted molar refractivity (Wildman–Crippen MR) is 93.5 cm³/mol. The number of hydrogen-bond acceptors (Lipinski definition) is 3. The first-order chi connectivity index (χ1) is 12.0. The SMILES string of the molecule is CCCC[C@H](NC(=O)C1CCCN(Cc2cccc(F)c2)C1)C(=O)O. The number of hydrogen-bond donors (Lipinski definition) is 2. The molecule has 6 heteroatoms. The van der Waals surface area contributed by atoms with Crippen LogP contribution in [-0.4, -0.2) is 41.0 Å². The topological polar surface area (TPSA) is 69.6 Å². The molecule has 1 saturated heterocycles. The minimum atomic E-state index is -0.978. The van der Waals surface area contributed by atoms with E-state index in [1.165, 1.54) is 12.1 Å². The highest BCUT2D eigenvalue weighted by atomic mass is 19.1. The van der Waals surface area contributed by atoms with Crippen molar-refractivity contribution in [3.05, 3.63) is 35.6 Å². The minimum absolute atomic E-state index is 0.188. The Morgan fingerprint density at radius 3 is 2.92 bits per heavy atom. The van der Waals surface area contributed by atoms with Gasteiger partial charge in [0.15, 0.2) is 0 Å². The molecule has 0 bridgehead atoms. The monoisotopic (exact) mass is 350 g/mol. The van der Waals surface area contributed by atoms with E-state index in [2.05, 4.69) is 10.2 Å². The molecule has 5 nitrogen and oxygen atoms in total. The first-order valence-corrected chi connectivity index (χ1v) is 8.99. The second-order valence-corrected chi connectivity index (χ2v) is 6.75. The number of amides is 1. The van der Waals surface area contributed by atoms with Crippen molar-refractivity contribution in [2.45, 2.75) is 51.6 Å². The lowest BCUT2D eigenvalue weighted by atomic mass is 9.96. The van der Waals surface area contributed by atoms with Gasteiger partial charge in [-0.1, -0.05) is 31.9 Å². The second kappa shape index (κ2) is 9.51.